The van der Waals surface area contributed by atoms with E-state index in [1.165, 1.54) is 0 Å². The molecule has 4 saturated carbocycles. The van der Waals surface area contributed by atoms with Crippen molar-refractivity contribution in [2.75, 3.05) is 6.26 Å². The van der Waals surface area contributed by atoms with Crippen molar-refractivity contribution in [3.05, 3.63) is 23.3 Å². The van der Waals surface area contributed by atoms with Crippen LogP contribution in [0.3, 0.4) is 0 Å². The zero-order chi connectivity index (χ0) is 23.8. The third-order valence-electron chi connectivity index (χ3n) is 6.53. The number of halogens is 4. The third kappa shape index (κ3) is 3.80. The van der Waals surface area contributed by atoms with E-state index in [0.29, 0.717) is 12.8 Å². The van der Waals surface area contributed by atoms with Crippen LogP contribution in [0, 0.1) is 46.4 Å². The summed E-state index contributed by atoms with van der Waals surface area (Å²) in [4.78, 5) is 10.6. The molecular weight excluding hydrogens is 484 g/mol. The van der Waals surface area contributed by atoms with Gasteiger partial charge in [0.1, 0.15) is 15.0 Å². The lowest BCUT2D eigenvalue weighted by Gasteiger charge is -2.57. The fraction of sp³-hybridized carbons (Fsp3) is 0.611. The van der Waals surface area contributed by atoms with E-state index in [0.717, 1.165) is 6.26 Å². The summed E-state index contributed by atoms with van der Waals surface area (Å²) in [6.45, 7) is 0. The average molecular weight is 501 g/mol. The second-order valence-corrected chi connectivity index (χ2v) is 11.7. The standard InChI is InChI=1S/C18H18F4O8S2/c1-31(24,25)30-14-8-2-7-3-9(14)6-18(4-7,5-8)17(23)29-15-10(19)12(21)16(32(26,27)28)13(22)11(15)20/h7-9,14H,2-6H2,1H3,(H,26,27,28)/p-1. The number of esters is 1. The fourth-order valence-electron chi connectivity index (χ4n) is 5.69. The van der Waals surface area contributed by atoms with E-state index >= 15 is 0 Å². The third-order valence-corrected chi connectivity index (χ3v) is 7.96. The number of hydrogen-bond donors (Lipinski definition) is 0. The predicted molar refractivity (Wildman–Crippen MR) is 95.6 cm³/mol. The minimum Gasteiger partial charge on any atom is -0.744 e. The summed E-state index contributed by atoms with van der Waals surface area (Å²) in [6.07, 6.45) is 1.84. The van der Waals surface area contributed by atoms with E-state index in [4.69, 9.17) is 8.92 Å². The monoisotopic (exact) mass is 501 g/mol. The van der Waals surface area contributed by atoms with Crippen molar-refractivity contribution in [2.45, 2.75) is 43.1 Å². The Morgan fingerprint density at radius 3 is 1.88 bits per heavy atom. The van der Waals surface area contributed by atoms with Crippen LogP contribution in [-0.4, -0.2) is 39.7 Å². The summed E-state index contributed by atoms with van der Waals surface area (Å²) in [5, 5.41) is 0. The molecule has 0 amide bonds. The van der Waals surface area contributed by atoms with Crippen LogP contribution in [0.1, 0.15) is 32.1 Å². The van der Waals surface area contributed by atoms with Gasteiger partial charge in [0.15, 0.2) is 11.6 Å². The largest absolute Gasteiger partial charge is 0.744 e. The van der Waals surface area contributed by atoms with Gasteiger partial charge in [0, 0.05) is 0 Å². The molecule has 0 aliphatic heterocycles. The molecule has 0 aromatic heterocycles. The number of rotatable bonds is 5. The van der Waals surface area contributed by atoms with Gasteiger partial charge >= 0.3 is 5.97 Å². The molecule has 2 unspecified atom stereocenters. The Hall–Kier alpha value is -1.77. The highest BCUT2D eigenvalue weighted by atomic mass is 32.2. The molecule has 1 aromatic carbocycles. The first kappa shape index (κ1) is 23.4. The molecule has 8 nitrogen and oxygen atoms in total. The highest BCUT2D eigenvalue weighted by Crippen LogP contribution is 2.61. The molecule has 1 aromatic rings. The summed E-state index contributed by atoms with van der Waals surface area (Å²) in [5.74, 6) is -13.3. The molecule has 0 heterocycles. The number of ether oxygens (including phenoxy) is 1. The highest BCUT2D eigenvalue weighted by Gasteiger charge is 2.60. The number of benzene rings is 1. The van der Waals surface area contributed by atoms with Crippen LogP contribution in [0.4, 0.5) is 17.6 Å². The Kier molecular flexibility index (Phi) is 5.39. The van der Waals surface area contributed by atoms with Gasteiger partial charge in [-0.15, -0.1) is 0 Å². The molecule has 32 heavy (non-hydrogen) atoms. The van der Waals surface area contributed by atoms with E-state index < -0.39 is 71.6 Å². The van der Waals surface area contributed by atoms with Crippen molar-refractivity contribution >= 4 is 26.2 Å². The van der Waals surface area contributed by atoms with Crippen LogP contribution >= 0.6 is 0 Å². The quantitative estimate of drug-likeness (QED) is 0.150. The van der Waals surface area contributed by atoms with Gasteiger partial charge in [-0.25, -0.2) is 17.2 Å². The predicted octanol–water partition coefficient (Wildman–Crippen LogP) is 2.22. The maximum absolute atomic E-state index is 14.3. The first-order valence-electron chi connectivity index (χ1n) is 9.55. The molecule has 4 aliphatic rings. The Balaban J connectivity index is 1.65. The summed E-state index contributed by atoms with van der Waals surface area (Å²) in [5.41, 5.74) is -1.27. The Bertz CT molecular complexity index is 1170. The van der Waals surface area contributed by atoms with Crippen molar-refractivity contribution in [2.24, 2.45) is 23.2 Å². The normalized spacial score (nSPS) is 31.7. The number of carbonyl (C=O) groups is 1. The lowest BCUT2D eigenvalue weighted by atomic mass is 9.48. The summed E-state index contributed by atoms with van der Waals surface area (Å²) < 4.78 is 122. The second-order valence-electron chi connectivity index (χ2n) is 8.77. The lowest BCUT2D eigenvalue weighted by Crippen LogP contribution is -2.58. The molecular formula is C18H17F4O8S2-. The van der Waals surface area contributed by atoms with E-state index in [-0.39, 0.29) is 37.0 Å². The van der Waals surface area contributed by atoms with E-state index in [2.05, 4.69) is 0 Å². The zero-order valence-corrected chi connectivity index (χ0v) is 18.1. The SMILES string of the molecule is CS(=O)(=O)OC1C2CC3CC1CC(C(=O)Oc1c(F)c(F)c(S(=O)(=O)[O-])c(F)c1F)(C3)C2. The fourth-order valence-corrected chi connectivity index (χ4v) is 7.02. The van der Waals surface area contributed by atoms with Gasteiger partial charge in [-0.05, 0) is 49.9 Å². The summed E-state index contributed by atoms with van der Waals surface area (Å²) >= 11 is 0. The molecule has 0 saturated heterocycles. The molecule has 4 bridgehead atoms. The molecule has 178 valence electrons. The Morgan fingerprint density at radius 1 is 0.938 bits per heavy atom. The van der Waals surface area contributed by atoms with Gasteiger partial charge in [-0.2, -0.15) is 17.2 Å². The Morgan fingerprint density at radius 2 is 1.44 bits per heavy atom. The molecule has 0 radical (unpaired) electrons. The van der Waals surface area contributed by atoms with Crippen molar-refractivity contribution in [1.82, 2.24) is 0 Å². The highest BCUT2D eigenvalue weighted by molar-refractivity contribution is 7.86. The van der Waals surface area contributed by atoms with Crippen LogP contribution in [0.5, 0.6) is 5.75 Å². The van der Waals surface area contributed by atoms with Crippen molar-refractivity contribution in [3.63, 3.8) is 0 Å². The first-order chi connectivity index (χ1) is 14.6. The average Bonchev–Trinajstić information content (AvgIpc) is 2.64. The molecule has 4 fully saturated rings. The van der Waals surface area contributed by atoms with Crippen LogP contribution in [0.2, 0.25) is 0 Å². The topological polar surface area (TPSA) is 127 Å². The maximum atomic E-state index is 14.3. The Labute approximate surface area is 180 Å². The molecule has 0 N–H and O–H groups in total. The zero-order valence-electron chi connectivity index (χ0n) is 16.4. The first-order valence-corrected chi connectivity index (χ1v) is 12.8. The van der Waals surface area contributed by atoms with Crippen LogP contribution in [0.25, 0.3) is 0 Å². The molecule has 4 aliphatic carbocycles. The van der Waals surface area contributed by atoms with Crippen molar-refractivity contribution in [3.8, 4) is 5.75 Å². The minimum atomic E-state index is -5.90. The van der Waals surface area contributed by atoms with Crippen LogP contribution in [-0.2, 0) is 29.2 Å². The number of hydrogen-bond acceptors (Lipinski definition) is 8. The molecule has 0 spiro atoms. The van der Waals surface area contributed by atoms with Gasteiger partial charge in [-0.3, -0.25) is 8.98 Å². The van der Waals surface area contributed by atoms with Gasteiger partial charge in [-0.1, -0.05) is 0 Å². The van der Waals surface area contributed by atoms with Gasteiger partial charge in [0.2, 0.25) is 17.4 Å². The minimum absolute atomic E-state index is 0.00407. The molecule has 5 rings (SSSR count). The van der Waals surface area contributed by atoms with Crippen LogP contribution < -0.4 is 4.74 Å². The number of carbonyl (C=O) groups excluding carboxylic acids is 1. The van der Waals surface area contributed by atoms with Gasteiger partial charge in [0.25, 0.3) is 10.1 Å². The second kappa shape index (κ2) is 7.37. The van der Waals surface area contributed by atoms with Crippen molar-refractivity contribution in [1.29, 1.82) is 0 Å². The van der Waals surface area contributed by atoms with Crippen molar-refractivity contribution < 1.29 is 52.7 Å². The lowest BCUT2D eigenvalue weighted by molar-refractivity contribution is -0.173. The molecule has 2 atom stereocenters. The summed E-state index contributed by atoms with van der Waals surface area (Å²) in [6, 6.07) is 0. The van der Waals surface area contributed by atoms with E-state index in [9.17, 15) is 43.7 Å². The van der Waals surface area contributed by atoms with Gasteiger partial charge in [0.05, 0.1) is 17.8 Å². The summed E-state index contributed by atoms with van der Waals surface area (Å²) in [7, 11) is -9.66. The van der Waals surface area contributed by atoms with E-state index in [1.54, 1.807) is 0 Å². The van der Waals surface area contributed by atoms with E-state index in [1.807, 2.05) is 0 Å². The van der Waals surface area contributed by atoms with Gasteiger partial charge < -0.3 is 9.29 Å². The maximum Gasteiger partial charge on any atom is 0.317 e. The molecule has 14 heteroatoms. The van der Waals surface area contributed by atoms with Crippen LogP contribution in [0.15, 0.2) is 4.90 Å². The smallest absolute Gasteiger partial charge is 0.317 e.